The van der Waals surface area contributed by atoms with Crippen LogP contribution in [0.2, 0.25) is 5.02 Å². The first-order valence-corrected chi connectivity index (χ1v) is 8.87. The van der Waals surface area contributed by atoms with E-state index in [4.69, 9.17) is 16.3 Å². The van der Waals surface area contributed by atoms with Gasteiger partial charge in [0.25, 0.3) is 5.91 Å². The molecule has 0 spiro atoms. The quantitative estimate of drug-likeness (QED) is 0.640. The van der Waals surface area contributed by atoms with Crippen molar-refractivity contribution in [3.05, 3.63) is 77.2 Å². The van der Waals surface area contributed by atoms with E-state index in [1.54, 1.807) is 12.1 Å². The topological polar surface area (TPSA) is 76.1 Å². The highest BCUT2D eigenvalue weighted by Crippen LogP contribution is 2.26. The van der Waals surface area contributed by atoms with Crippen LogP contribution in [0.5, 0.6) is 5.75 Å². The van der Waals surface area contributed by atoms with Gasteiger partial charge in [0.05, 0.1) is 24.7 Å². The van der Waals surface area contributed by atoms with Crippen LogP contribution < -0.4 is 15.4 Å². The van der Waals surface area contributed by atoms with Crippen LogP contribution >= 0.6 is 11.6 Å². The van der Waals surface area contributed by atoms with Crippen molar-refractivity contribution in [1.82, 2.24) is 15.3 Å². The summed E-state index contributed by atoms with van der Waals surface area (Å²) in [7, 11) is 0. The van der Waals surface area contributed by atoms with Gasteiger partial charge in [-0.25, -0.2) is 9.97 Å². The first-order chi connectivity index (χ1) is 13.2. The first-order valence-electron chi connectivity index (χ1n) is 8.49. The highest BCUT2D eigenvalue weighted by atomic mass is 35.5. The molecule has 0 saturated carbocycles. The molecule has 7 heteroatoms. The summed E-state index contributed by atoms with van der Waals surface area (Å²) in [5, 5.41) is 6.61. The number of hydrogen-bond acceptors (Lipinski definition) is 5. The summed E-state index contributed by atoms with van der Waals surface area (Å²) in [6.07, 6.45) is 2.95. The molecule has 6 nitrogen and oxygen atoms in total. The Morgan fingerprint density at radius 1 is 1.07 bits per heavy atom. The lowest BCUT2D eigenvalue weighted by Gasteiger charge is -2.11. The smallest absolute Gasteiger partial charge is 0.271 e. The van der Waals surface area contributed by atoms with E-state index in [0.29, 0.717) is 24.0 Å². The fourth-order valence-corrected chi connectivity index (χ4v) is 2.50. The number of nitrogens with zero attached hydrogens (tertiary/aromatic N) is 2. The third kappa shape index (κ3) is 5.18. The Labute approximate surface area is 162 Å². The molecule has 3 rings (SSSR count). The molecular formula is C20H19ClN4O2. The highest BCUT2D eigenvalue weighted by molar-refractivity contribution is 6.30. The maximum Gasteiger partial charge on any atom is 0.271 e. The minimum Gasteiger partial charge on any atom is -0.492 e. The summed E-state index contributed by atoms with van der Waals surface area (Å²) in [5.41, 5.74) is 1.98. The summed E-state index contributed by atoms with van der Waals surface area (Å²) in [4.78, 5) is 20.6. The Morgan fingerprint density at radius 3 is 2.56 bits per heavy atom. The van der Waals surface area contributed by atoms with Gasteiger partial charge in [0.1, 0.15) is 17.3 Å². The lowest BCUT2D eigenvalue weighted by Crippen LogP contribution is -2.24. The number of para-hydroxylation sites is 2. The monoisotopic (exact) mass is 382 g/mol. The Kier molecular flexibility index (Phi) is 6.22. The van der Waals surface area contributed by atoms with Crippen molar-refractivity contribution in [2.75, 3.05) is 11.9 Å². The van der Waals surface area contributed by atoms with Crippen molar-refractivity contribution in [1.29, 1.82) is 0 Å². The average molecular weight is 383 g/mol. The number of benzene rings is 2. The molecule has 2 aromatic carbocycles. The van der Waals surface area contributed by atoms with Crippen molar-refractivity contribution in [3.63, 3.8) is 0 Å². The zero-order valence-corrected chi connectivity index (χ0v) is 15.5. The number of aromatic nitrogens is 2. The lowest BCUT2D eigenvalue weighted by atomic mass is 10.2. The van der Waals surface area contributed by atoms with E-state index in [-0.39, 0.29) is 11.6 Å². The number of ether oxygens (including phenoxy) is 1. The molecule has 0 aliphatic heterocycles. The molecule has 1 amide bonds. The number of anilines is 2. The van der Waals surface area contributed by atoms with Crippen LogP contribution in [-0.4, -0.2) is 22.5 Å². The van der Waals surface area contributed by atoms with E-state index in [2.05, 4.69) is 20.6 Å². The van der Waals surface area contributed by atoms with Gasteiger partial charge in [-0.2, -0.15) is 0 Å². The summed E-state index contributed by atoms with van der Waals surface area (Å²) in [5.74, 6) is 0.960. The zero-order valence-electron chi connectivity index (χ0n) is 14.8. The Bertz CT molecular complexity index is 899. The molecule has 0 radical (unpaired) electrons. The van der Waals surface area contributed by atoms with E-state index in [9.17, 15) is 4.79 Å². The Hall–Kier alpha value is -3.12. The predicted octanol–water partition coefficient (Wildman–Crippen LogP) is 4.20. The number of carbonyl (C=O) groups is 1. The number of nitrogens with one attached hydrogen (secondary N) is 2. The fourth-order valence-electron chi connectivity index (χ4n) is 2.37. The van der Waals surface area contributed by atoms with Gasteiger partial charge in [-0.05, 0) is 36.8 Å². The molecular weight excluding hydrogens is 364 g/mol. The normalized spacial score (nSPS) is 10.3. The largest absolute Gasteiger partial charge is 0.492 e. The SMILES string of the molecule is CCOc1ccccc1Nc1cnc(C(=O)NCc2ccc(Cl)cc2)cn1. The van der Waals surface area contributed by atoms with Crippen LogP contribution in [0.3, 0.4) is 0 Å². The highest BCUT2D eigenvalue weighted by Gasteiger charge is 2.09. The number of amides is 1. The van der Waals surface area contributed by atoms with E-state index < -0.39 is 0 Å². The molecule has 1 aromatic heterocycles. The summed E-state index contributed by atoms with van der Waals surface area (Å²) >= 11 is 5.85. The number of hydrogen-bond donors (Lipinski definition) is 2. The lowest BCUT2D eigenvalue weighted by molar-refractivity contribution is 0.0945. The van der Waals surface area contributed by atoms with Crippen LogP contribution in [0, 0.1) is 0 Å². The predicted molar refractivity (Wildman–Crippen MR) is 106 cm³/mol. The number of halogens is 1. The van der Waals surface area contributed by atoms with Crippen molar-refractivity contribution >= 4 is 29.0 Å². The third-order valence-electron chi connectivity index (χ3n) is 3.70. The molecule has 0 atom stereocenters. The van der Waals surface area contributed by atoms with Crippen LogP contribution in [0.1, 0.15) is 23.0 Å². The maximum atomic E-state index is 12.2. The minimum atomic E-state index is -0.293. The van der Waals surface area contributed by atoms with Crippen LogP contribution in [-0.2, 0) is 6.54 Å². The molecule has 27 heavy (non-hydrogen) atoms. The standard InChI is InChI=1S/C20H19ClN4O2/c1-2-27-18-6-4-3-5-16(18)25-19-13-22-17(12-23-19)20(26)24-11-14-7-9-15(21)10-8-14/h3-10,12-13H,2,11H2,1H3,(H,23,25)(H,24,26). The zero-order chi connectivity index (χ0) is 19.1. The van der Waals surface area contributed by atoms with E-state index in [0.717, 1.165) is 17.0 Å². The molecule has 0 saturated heterocycles. The second-order valence-electron chi connectivity index (χ2n) is 5.65. The molecule has 1 heterocycles. The third-order valence-corrected chi connectivity index (χ3v) is 3.95. The van der Waals surface area contributed by atoms with Gasteiger partial charge in [0.2, 0.25) is 0 Å². The first kappa shape index (κ1) is 18.7. The molecule has 2 N–H and O–H groups in total. The van der Waals surface area contributed by atoms with Gasteiger partial charge in [-0.15, -0.1) is 0 Å². The van der Waals surface area contributed by atoms with Crippen LogP contribution in [0.25, 0.3) is 0 Å². The second-order valence-corrected chi connectivity index (χ2v) is 6.09. The average Bonchev–Trinajstić information content (AvgIpc) is 2.69. The van der Waals surface area contributed by atoms with Gasteiger partial charge >= 0.3 is 0 Å². The fraction of sp³-hybridized carbons (Fsp3) is 0.150. The molecule has 0 aliphatic rings. The summed E-state index contributed by atoms with van der Waals surface area (Å²) in [6, 6.07) is 14.8. The second kappa shape index (κ2) is 9.00. The van der Waals surface area contributed by atoms with Gasteiger partial charge in [-0.1, -0.05) is 35.9 Å². The molecule has 0 fully saturated rings. The Balaban J connectivity index is 1.61. The van der Waals surface area contributed by atoms with E-state index >= 15 is 0 Å². The van der Waals surface area contributed by atoms with Crippen LogP contribution in [0.15, 0.2) is 60.9 Å². The molecule has 0 aliphatic carbocycles. The van der Waals surface area contributed by atoms with Gasteiger partial charge in [0.15, 0.2) is 0 Å². The molecule has 0 bridgehead atoms. The van der Waals surface area contributed by atoms with E-state index in [1.807, 2.05) is 43.3 Å². The minimum absolute atomic E-state index is 0.243. The van der Waals surface area contributed by atoms with Gasteiger partial charge < -0.3 is 15.4 Å². The van der Waals surface area contributed by atoms with Gasteiger partial charge in [-0.3, -0.25) is 4.79 Å². The number of rotatable bonds is 7. The van der Waals surface area contributed by atoms with Gasteiger partial charge in [0, 0.05) is 11.6 Å². The van der Waals surface area contributed by atoms with Crippen LogP contribution in [0.4, 0.5) is 11.5 Å². The van der Waals surface area contributed by atoms with Crippen molar-refractivity contribution < 1.29 is 9.53 Å². The van der Waals surface area contributed by atoms with Crippen molar-refractivity contribution in [2.45, 2.75) is 13.5 Å². The van der Waals surface area contributed by atoms with Crippen molar-refractivity contribution in [2.24, 2.45) is 0 Å². The maximum absolute atomic E-state index is 12.2. The Morgan fingerprint density at radius 2 is 1.85 bits per heavy atom. The molecule has 138 valence electrons. The summed E-state index contributed by atoms with van der Waals surface area (Å²) in [6.45, 7) is 2.88. The molecule has 3 aromatic rings. The van der Waals surface area contributed by atoms with E-state index in [1.165, 1.54) is 12.4 Å². The number of carbonyl (C=O) groups excluding carboxylic acids is 1. The summed E-state index contributed by atoms with van der Waals surface area (Å²) < 4.78 is 5.57. The molecule has 0 unspecified atom stereocenters. The van der Waals surface area contributed by atoms with Crippen molar-refractivity contribution in [3.8, 4) is 5.75 Å².